The van der Waals surface area contributed by atoms with Gasteiger partial charge in [-0.2, -0.15) is 0 Å². The van der Waals surface area contributed by atoms with Crippen molar-refractivity contribution in [3.05, 3.63) is 12.2 Å². The Kier molecular flexibility index (Phi) is 1.94. The molecule has 0 nitrogen and oxygen atoms in total. The molecule has 0 aromatic rings. The lowest BCUT2D eigenvalue weighted by atomic mass is 9.72. The van der Waals surface area contributed by atoms with Crippen molar-refractivity contribution < 1.29 is 0 Å². The van der Waals surface area contributed by atoms with Gasteiger partial charge in [-0.25, -0.2) is 0 Å². The van der Waals surface area contributed by atoms with Crippen LogP contribution in [0.1, 0.15) is 33.1 Å². The zero-order chi connectivity index (χ0) is 6.85. The summed E-state index contributed by atoms with van der Waals surface area (Å²) < 4.78 is 0. The van der Waals surface area contributed by atoms with Gasteiger partial charge in [-0.15, -0.1) is 6.58 Å². The molecule has 0 bridgehead atoms. The van der Waals surface area contributed by atoms with Crippen LogP contribution in [0.4, 0.5) is 0 Å². The molecule has 52 valence electrons. The van der Waals surface area contributed by atoms with E-state index in [0.29, 0.717) is 0 Å². The molecule has 2 atom stereocenters. The second-order valence-corrected chi connectivity index (χ2v) is 3.48. The summed E-state index contributed by atoms with van der Waals surface area (Å²) in [6.45, 7) is 8.39. The Labute approximate surface area is 58.0 Å². The van der Waals surface area contributed by atoms with Crippen LogP contribution in [0.5, 0.6) is 0 Å². The van der Waals surface area contributed by atoms with Gasteiger partial charge in [0.1, 0.15) is 0 Å². The lowest BCUT2D eigenvalue weighted by Gasteiger charge is -2.33. The molecule has 0 amide bonds. The van der Waals surface area contributed by atoms with Gasteiger partial charge in [0.2, 0.25) is 0 Å². The van der Waals surface area contributed by atoms with E-state index in [2.05, 4.69) is 20.4 Å². The van der Waals surface area contributed by atoms with E-state index < -0.39 is 0 Å². The van der Waals surface area contributed by atoms with Crippen LogP contribution in [-0.4, -0.2) is 0 Å². The van der Waals surface area contributed by atoms with Crippen LogP contribution in [0.2, 0.25) is 0 Å². The number of rotatable bonds is 2. The molecular formula is C9H16. The van der Waals surface area contributed by atoms with Crippen molar-refractivity contribution in [2.45, 2.75) is 33.1 Å². The Balaban J connectivity index is 2.21. The molecule has 0 aromatic heterocycles. The van der Waals surface area contributed by atoms with Gasteiger partial charge in [0.15, 0.2) is 0 Å². The first-order valence-corrected chi connectivity index (χ1v) is 3.84. The van der Waals surface area contributed by atoms with Crippen molar-refractivity contribution in [3.63, 3.8) is 0 Å². The fourth-order valence-corrected chi connectivity index (χ4v) is 1.49. The maximum Gasteiger partial charge on any atom is -0.0295 e. The molecule has 2 unspecified atom stereocenters. The first-order chi connectivity index (χ1) is 4.20. The average Bonchev–Trinajstić information content (AvgIpc) is 1.79. The topological polar surface area (TPSA) is 0 Å². The Hall–Kier alpha value is -0.260. The predicted molar refractivity (Wildman–Crippen MR) is 41.3 cm³/mol. The Morgan fingerprint density at radius 1 is 1.56 bits per heavy atom. The second kappa shape index (κ2) is 2.55. The van der Waals surface area contributed by atoms with Gasteiger partial charge in [0.05, 0.1) is 0 Å². The minimum atomic E-state index is 0.974. The third-order valence-electron chi connectivity index (χ3n) is 2.41. The van der Waals surface area contributed by atoms with Crippen molar-refractivity contribution in [2.75, 3.05) is 0 Å². The van der Waals surface area contributed by atoms with E-state index in [1.165, 1.54) is 24.8 Å². The molecule has 0 radical (unpaired) electrons. The van der Waals surface area contributed by atoms with Crippen molar-refractivity contribution in [2.24, 2.45) is 11.8 Å². The highest BCUT2D eigenvalue weighted by Crippen LogP contribution is 2.37. The molecule has 0 heteroatoms. The number of allylic oxidation sites excluding steroid dienone is 1. The largest absolute Gasteiger partial charge is 0.100 e. The highest BCUT2D eigenvalue weighted by molar-refractivity contribution is 4.94. The van der Waals surface area contributed by atoms with E-state index >= 15 is 0 Å². The van der Waals surface area contributed by atoms with Gasteiger partial charge < -0.3 is 0 Å². The standard InChI is InChI=1S/C9H16/c1-7(2)6-9-5-4-8(9)3/h8-9H,1,4-6H2,2-3H3. The summed E-state index contributed by atoms with van der Waals surface area (Å²) in [5.74, 6) is 1.95. The summed E-state index contributed by atoms with van der Waals surface area (Å²) in [4.78, 5) is 0. The van der Waals surface area contributed by atoms with Crippen LogP contribution in [0.25, 0.3) is 0 Å². The third kappa shape index (κ3) is 1.57. The third-order valence-corrected chi connectivity index (χ3v) is 2.41. The first-order valence-electron chi connectivity index (χ1n) is 3.84. The second-order valence-electron chi connectivity index (χ2n) is 3.48. The van der Waals surface area contributed by atoms with Gasteiger partial charge in [0, 0.05) is 0 Å². The summed E-state index contributed by atoms with van der Waals surface area (Å²) in [5.41, 5.74) is 1.35. The molecule has 0 N–H and O–H groups in total. The van der Waals surface area contributed by atoms with Gasteiger partial charge in [-0.3, -0.25) is 0 Å². The molecule has 0 aromatic carbocycles. The van der Waals surface area contributed by atoms with Gasteiger partial charge in [0.25, 0.3) is 0 Å². The predicted octanol–water partition coefficient (Wildman–Crippen LogP) is 3.00. The minimum Gasteiger partial charge on any atom is -0.100 e. The quantitative estimate of drug-likeness (QED) is 0.496. The molecule has 9 heavy (non-hydrogen) atoms. The molecule has 1 fully saturated rings. The molecule has 1 aliphatic carbocycles. The van der Waals surface area contributed by atoms with E-state index in [4.69, 9.17) is 0 Å². The number of hydrogen-bond donors (Lipinski definition) is 0. The fraction of sp³-hybridized carbons (Fsp3) is 0.778. The highest BCUT2D eigenvalue weighted by Gasteiger charge is 2.25. The maximum absolute atomic E-state index is 3.91. The Morgan fingerprint density at radius 2 is 2.22 bits per heavy atom. The lowest BCUT2D eigenvalue weighted by Crippen LogP contribution is -2.22. The van der Waals surface area contributed by atoms with Crippen molar-refractivity contribution in [1.29, 1.82) is 0 Å². The lowest BCUT2D eigenvalue weighted by molar-refractivity contribution is 0.196. The van der Waals surface area contributed by atoms with Gasteiger partial charge >= 0.3 is 0 Å². The molecule has 1 saturated carbocycles. The fourth-order valence-electron chi connectivity index (χ4n) is 1.49. The van der Waals surface area contributed by atoms with Crippen LogP contribution in [-0.2, 0) is 0 Å². The van der Waals surface area contributed by atoms with E-state index in [-0.39, 0.29) is 0 Å². The van der Waals surface area contributed by atoms with Gasteiger partial charge in [-0.1, -0.05) is 18.9 Å². The van der Waals surface area contributed by atoms with Crippen LogP contribution in [0, 0.1) is 11.8 Å². The summed E-state index contributed by atoms with van der Waals surface area (Å²) in [7, 11) is 0. The monoisotopic (exact) mass is 124 g/mol. The molecule has 0 saturated heterocycles. The molecule has 0 heterocycles. The van der Waals surface area contributed by atoms with E-state index in [9.17, 15) is 0 Å². The summed E-state index contributed by atoms with van der Waals surface area (Å²) in [5, 5.41) is 0. The van der Waals surface area contributed by atoms with E-state index in [0.717, 1.165) is 11.8 Å². The average molecular weight is 124 g/mol. The first kappa shape index (κ1) is 6.85. The van der Waals surface area contributed by atoms with Crippen LogP contribution in [0.3, 0.4) is 0 Å². The van der Waals surface area contributed by atoms with Crippen molar-refractivity contribution in [3.8, 4) is 0 Å². The maximum atomic E-state index is 3.91. The van der Waals surface area contributed by atoms with Crippen molar-refractivity contribution >= 4 is 0 Å². The van der Waals surface area contributed by atoms with Gasteiger partial charge in [-0.05, 0) is 31.6 Å². The molecule has 1 rings (SSSR count). The van der Waals surface area contributed by atoms with Crippen LogP contribution in [0.15, 0.2) is 12.2 Å². The summed E-state index contributed by atoms with van der Waals surface area (Å²) in [6.07, 6.45) is 4.15. The Morgan fingerprint density at radius 3 is 2.33 bits per heavy atom. The Bertz CT molecular complexity index is 113. The van der Waals surface area contributed by atoms with Crippen LogP contribution >= 0.6 is 0 Å². The SMILES string of the molecule is C=C(C)CC1CCC1C. The summed E-state index contributed by atoms with van der Waals surface area (Å²) >= 11 is 0. The zero-order valence-corrected chi connectivity index (χ0v) is 6.48. The molecule has 0 aliphatic heterocycles. The van der Waals surface area contributed by atoms with E-state index in [1.807, 2.05) is 0 Å². The minimum absolute atomic E-state index is 0.974. The smallest absolute Gasteiger partial charge is 0.0295 e. The molecular weight excluding hydrogens is 108 g/mol. The zero-order valence-electron chi connectivity index (χ0n) is 6.48. The summed E-state index contributed by atoms with van der Waals surface area (Å²) in [6, 6.07) is 0. The molecule has 1 aliphatic rings. The van der Waals surface area contributed by atoms with Crippen LogP contribution < -0.4 is 0 Å². The van der Waals surface area contributed by atoms with Crippen molar-refractivity contribution in [1.82, 2.24) is 0 Å². The van der Waals surface area contributed by atoms with E-state index in [1.54, 1.807) is 0 Å². The molecule has 0 spiro atoms. The number of hydrogen-bond acceptors (Lipinski definition) is 0. The highest BCUT2D eigenvalue weighted by atomic mass is 14.3. The normalized spacial score (nSPS) is 33.6.